The number of aromatic amines is 1. The number of hydrogen-bond acceptors (Lipinski definition) is 4. The second-order valence-electron chi connectivity index (χ2n) is 4.11. The molecule has 7 heteroatoms. The molecular weight excluding hydrogens is 263 g/mol. The highest BCUT2D eigenvalue weighted by atomic mass is 19.1. The number of nitrogens with zero attached hydrogens (tertiary/aromatic N) is 2. The van der Waals surface area contributed by atoms with Gasteiger partial charge in [0.25, 0.3) is 5.91 Å². The molecule has 2 rings (SSSR count). The number of halogens is 1. The summed E-state index contributed by atoms with van der Waals surface area (Å²) in [6.07, 6.45) is 2.77. The van der Waals surface area contributed by atoms with Crippen LogP contribution in [0.25, 0.3) is 0 Å². The molecule has 0 spiro atoms. The second-order valence-corrected chi connectivity index (χ2v) is 4.11. The highest BCUT2D eigenvalue weighted by Crippen LogP contribution is 2.20. The Bertz CT molecular complexity index is 572. The third-order valence-electron chi connectivity index (χ3n) is 2.76. The lowest BCUT2D eigenvalue weighted by atomic mass is 10.1. The Morgan fingerprint density at radius 3 is 3.05 bits per heavy atom. The summed E-state index contributed by atoms with van der Waals surface area (Å²) in [5.74, 6) is -0.116. The Kier molecular flexibility index (Phi) is 4.65. The molecule has 0 aliphatic heterocycles. The predicted molar refractivity (Wildman–Crippen MR) is 70.0 cm³/mol. The van der Waals surface area contributed by atoms with Gasteiger partial charge in [0, 0.05) is 13.0 Å². The number of aromatic nitrogens is 3. The van der Waals surface area contributed by atoms with Crippen LogP contribution in [-0.4, -0.2) is 34.7 Å². The van der Waals surface area contributed by atoms with E-state index >= 15 is 0 Å². The molecule has 0 atom stereocenters. The van der Waals surface area contributed by atoms with E-state index < -0.39 is 11.7 Å². The van der Waals surface area contributed by atoms with Gasteiger partial charge in [-0.1, -0.05) is 6.07 Å². The number of rotatable bonds is 6. The van der Waals surface area contributed by atoms with Crippen LogP contribution in [-0.2, 0) is 6.42 Å². The Labute approximate surface area is 115 Å². The van der Waals surface area contributed by atoms with Crippen molar-refractivity contribution < 1.29 is 13.9 Å². The molecule has 1 heterocycles. The first-order valence-corrected chi connectivity index (χ1v) is 6.17. The lowest BCUT2D eigenvalue weighted by Gasteiger charge is -2.09. The minimum atomic E-state index is -0.600. The Morgan fingerprint density at radius 2 is 2.35 bits per heavy atom. The zero-order chi connectivity index (χ0) is 14.4. The summed E-state index contributed by atoms with van der Waals surface area (Å²) >= 11 is 0. The van der Waals surface area contributed by atoms with Crippen molar-refractivity contribution >= 4 is 5.91 Å². The van der Waals surface area contributed by atoms with Crippen LogP contribution in [0.1, 0.15) is 22.6 Å². The van der Waals surface area contributed by atoms with Gasteiger partial charge in [-0.25, -0.2) is 9.37 Å². The smallest absolute Gasteiger partial charge is 0.258 e. The van der Waals surface area contributed by atoms with Crippen LogP contribution >= 0.6 is 0 Å². The van der Waals surface area contributed by atoms with Gasteiger partial charge in [-0.05, 0) is 18.6 Å². The van der Waals surface area contributed by atoms with E-state index in [2.05, 4.69) is 20.5 Å². The number of carbonyl (C=O) groups is 1. The molecule has 6 nitrogen and oxygen atoms in total. The normalized spacial score (nSPS) is 10.3. The fourth-order valence-electron chi connectivity index (χ4n) is 1.79. The van der Waals surface area contributed by atoms with Crippen molar-refractivity contribution in [1.29, 1.82) is 0 Å². The first kappa shape index (κ1) is 14.0. The van der Waals surface area contributed by atoms with Crippen LogP contribution in [0.2, 0.25) is 0 Å². The number of H-pyrrole nitrogens is 1. The van der Waals surface area contributed by atoms with Gasteiger partial charge >= 0.3 is 0 Å². The maximum Gasteiger partial charge on any atom is 0.258 e. The molecule has 20 heavy (non-hydrogen) atoms. The minimum Gasteiger partial charge on any atom is -0.496 e. The molecule has 1 aromatic carbocycles. The van der Waals surface area contributed by atoms with E-state index in [1.165, 1.54) is 25.6 Å². The Morgan fingerprint density at radius 1 is 1.50 bits per heavy atom. The Hall–Kier alpha value is -2.44. The number of aryl methyl sites for hydroxylation is 1. The van der Waals surface area contributed by atoms with E-state index in [9.17, 15) is 9.18 Å². The van der Waals surface area contributed by atoms with E-state index in [4.69, 9.17) is 4.74 Å². The molecule has 2 N–H and O–H groups in total. The van der Waals surface area contributed by atoms with Crippen molar-refractivity contribution in [2.45, 2.75) is 12.8 Å². The average molecular weight is 278 g/mol. The summed E-state index contributed by atoms with van der Waals surface area (Å²) < 4.78 is 18.6. The van der Waals surface area contributed by atoms with Crippen LogP contribution in [0.15, 0.2) is 24.5 Å². The van der Waals surface area contributed by atoms with Gasteiger partial charge in [-0.2, -0.15) is 5.10 Å². The van der Waals surface area contributed by atoms with Gasteiger partial charge in [0.2, 0.25) is 0 Å². The van der Waals surface area contributed by atoms with Crippen molar-refractivity contribution in [2.24, 2.45) is 0 Å². The molecule has 106 valence electrons. The van der Waals surface area contributed by atoms with Gasteiger partial charge in [0.05, 0.1) is 7.11 Å². The van der Waals surface area contributed by atoms with Crippen molar-refractivity contribution in [3.8, 4) is 5.75 Å². The molecule has 1 amide bonds. The van der Waals surface area contributed by atoms with Crippen molar-refractivity contribution in [3.05, 3.63) is 41.7 Å². The van der Waals surface area contributed by atoms with Crippen molar-refractivity contribution in [1.82, 2.24) is 20.5 Å². The molecule has 0 radical (unpaired) electrons. The topological polar surface area (TPSA) is 79.9 Å². The number of nitrogens with one attached hydrogen (secondary N) is 2. The number of carbonyl (C=O) groups excluding carboxylic acids is 1. The molecule has 1 aromatic heterocycles. The molecule has 0 fully saturated rings. The molecule has 0 unspecified atom stereocenters. The van der Waals surface area contributed by atoms with Gasteiger partial charge in [0.1, 0.15) is 29.3 Å². The predicted octanol–water partition coefficient (Wildman–Crippen LogP) is 1.31. The summed E-state index contributed by atoms with van der Waals surface area (Å²) in [7, 11) is 1.40. The summed E-state index contributed by atoms with van der Waals surface area (Å²) in [6, 6.07) is 4.27. The van der Waals surface area contributed by atoms with Crippen LogP contribution in [0.5, 0.6) is 5.75 Å². The first-order valence-electron chi connectivity index (χ1n) is 6.17. The maximum absolute atomic E-state index is 13.7. The third kappa shape index (κ3) is 3.31. The second kappa shape index (κ2) is 6.65. The van der Waals surface area contributed by atoms with Gasteiger partial charge in [-0.3, -0.25) is 9.89 Å². The number of ether oxygens (including phenoxy) is 1. The SMILES string of the molecule is COc1cccc(F)c1C(=O)NCCCc1ncn[nH]1. The molecular formula is C13H15FN4O2. The molecule has 0 saturated heterocycles. The van der Waals surface area contributed by atoms with E-state index in [-0.39, 0.29) is 11.3 Å². The van der Waals surface area contributed by atoms with Gasteiger partial charge < -0.3 is 10.1 Å². The van der Waals surface area contributed by atoms with Crippen molar-refractivity contribution in [3.63, 3.8) is 0 Å². The van der Waals surface area contributed by atoms with Crippen LogP contribution in [0.3, 0.4) is 0 Å². The Balaban J connectivity index is 1.89. The third-order valence-corrected chi connectivity index (χ3v) is 2.76. The number of amides is 1. The number of hydrogen-bond donors (Lipinski definition) is 2. The summed E-state index contributed by atoms with van der Waals surface area (Å²) in [6.45, 7) is 0.414. The van der Waals surface area contributed by atoms with Crippen LogP contribution in [0, 0.1) is 5.82 Å². The highest BCUT2D eigenvalue weighted by Gasteiger charge is 2.16. The molecule has 2 aromatic rings. The minimum absolute atomic E-state index is 0.0744. The molecule has 0 aliphatic carbocycles. The average Bonchev–Trinajstić information content (AvgIpc) is 2.96. The van der Waals surface area contributed by atoms with Gasteiger partial charge in [0.15, 0.2) is 0 Å². The number of methoxy groups -OCH3 is 1. The lowest BCUT2D eigenvalue weighted by Crippen LogP contribution is -2.26. The maximum atomic E-state index is 13.7. The quantitative estimate of drug-likeness (QED) is 0.781. The largest absolute Gasteiger partial charge is 0.496 e. The fraction of sp³-hybridized carbons (Fsp3) is 0.308. The van der Waals surface area contributed by atoms with Gasteiger partial charge in [-0.15, -0.1) is 0 Å². The summed E-state index contributed by atoms with van der Waals surface area (Å²) in [4.78, 5) is 15.9. The first-order chi connectivity index (χ1) is 9.72. The van der Waals surface area contributed by atoms with E-state index in [0.717, 1.165) is 5.82 Å². The summed E-state index contributed by atoms with van der Waals surface area (Å²) in [5, 5.41) is 9.11. The standard InChI is InChI=1S/C13H15FN4O2/c1-20-10-5-2-4-9(14)12(10)13(19)15-7-3-6-11-16-8-17-18-11/h2,4-5,8H,3,6-7H2,1H3,(H,15,19)(H,16,17,18). The molecule has 0 aliphatic rings. The fourth-order valence-corrected chi connectivity index (χ4v) is 1.79. The zero-order valence-corrected chi connectivity index (χ0v) is 11.0. The van der Waals surface area contributed by atoms with E-state index in [0.29, 0.717) is 19.4 Å². The zero-order valence-electron chi connectivity index (χ0n) is 11.0. The monoisotopic (exact) mass is 278 g/mol. The summed E-state index contributed by atoms with van der Waals surface area (Å²) in [5.41, 5.74) is -0.0744. The van der Waals surface area contributed by atoms with E-state index in [1.807, 2.05) is 0 Å². The molecule has 0 bridgehead atoms. The van der Waals surface area contributed by atoms with Crippen LogP contribution in [0.4, 0.5) is 4.39 Å². The van der Waals surface area contributed by atoms with Crippen LogP contribution < -0.4 is 10.1 Å². The van der Waals surface area contributed by atoms with E-state index in [1.54, 1.807) is 6.07 Å². The lowest BCUT2D eigenvalue weighted by molar-refractivity contribution is 0.0946. The van der Waals surface area contributed by atoms with Crippen molar-refractivity contribution in [2.75, 3.05) is 13.7 Å². The number of benzene rings is 1. The molecule has 0 saturated carbocycles. The highest BCUT2D eigenvalue weighted by molar-refractivity contribution is 5.97.